The lowest BCUT2D eigenvalue weighted by atomic mass is 10.3. The number of hydrogen-bond donors (Lipinski definition) is 0. The molecule has 19 heavy (non-hydrogen) atoms. The molecule has 0 N–H and O–H groups in total. The third-order valence-electron chi connectivity index (χ3n) is 2.68. The van der Waals surface area contributed by atoms with Crippen LogP contribution >= 0.6 is 0 Å². The van der Waals surface area contributed by atoms with E-state index in [-0.39, 0.29) is 22.2 Å². The van der Waals surface area contributed by atoms with Gasteiger partial charge in [-0.3, -0.25) is 19.1 Å². The zero-order chi connectivity index (χ0) is 14.4. The molecule has 0 fully saturated rings. The maximum Gasteiger partial charge on any atom is 0.285 e. The molecule has 0 saturated carbocycles. The first-order valence-corrected chi connectivity index (χ1v) is 7.22. The van der Waals surface area contributed by atoms with Crippen LogP contribution in [0.1, 0.15) is 13.8 Å². The summed E-state index contributed by atoms with van der Waals surface area (Å²) < 4.78 is 12.1. The second kappa shape index (κ2) is 6.98. The van der Waals surface area contributed by atoms with Gasteiger partial charge >= 0.3 is 0 Å². The van der Waals surface area contributed by atoms with Crippen LogP contribution in [0.3, 0.4) is 0 Å². The molecule has 1 amide bonds. The fourth-order valence-corrected chi connectivity index (χ4v) is 2.83. The molecule has 0 aliphatic rings. The Labute approximate surface area is 114 Å². The standard InChI is InChI=1S/C12H16N2O4S/c1-3-13(4-2)12(15)9-19(18)11-8-6-5-7-10(11)14(16)17/h5-8H,3-4,9H2,1-2H3/t19-/m0/s1. The number of para-hydroxylation sites is 1. The Morgan fingerprint density at radius 1 is 1.32 bits per heavy atom. The van der Waals surface area contributed by atoms with Crippen molar-refractivity contribution in [3.05, 3.63) is 34.4 Å². The topological polar surface area (TPSA) is 80.5 Å². The summed E-state index contributed by atoms with van der Waals surface area (Å²) in [6, 6.07) is 5.78. The van der Waals surface area contributed by atoms with Gasteiger partial charge in [0, 0.05) is 19.2 Å². The minimum Gasteiger partial charge on any atom is -0.342 e. The summed E-state index contributed by atoms with van der Waals surface area (Å²) >= 11 is 0. The molecule has 1 aromatic carbocycles. The highest BCUT2D eigenvalue weighted by Crippen LogP contribution is 2.21. The molecular formula is C12H16N2O4S. The van der Waals surface area contributed by atoms with E-state index in [0.29, 0.717) is 13.1 Å². The largest absolute Gasteiger partial charge is 0.342 e. The van der Waals surface area contributed by atoms with Gasteiger partial charge in [0.15, 0.2) is 0 Å². The fourth-order valence-electron chi connectivity index (χ4n) is 1.66. The van der Waals surface area contributed by atoms with Crippen LogP contribution in [-0.4, -0.2) is 38.8 Å². The summed E-state index contributed by atoms with van der Waals surface area (Å²) in [5.74, 6) is -0.492. The van der Waals surface area contributed by atoms with Gasteiger partial charge in [-0.1, -0.05) is 12.1 Å². The maximum atomic E-state index is 12.1. The third kappa shape index (κ3) is 3.85. The molecule has 1 aromatic rings. The van der Waals surface area contributed by atoms with Crippen LogP contribution in [0.25, 0.3) is 0 Å². The molecule has 1 atom stereocenters. The maximum absolute atomic E-state index is 12.1. The molecule has 0 spiro atoms. The number of hydrogen-bond acceptors (Lipinski definition) is 4. The van der Waals surface area contributed by atoms with Crippen molar-refractivity contribution in [1.29, 1.82) is 0 Å². The number of carbonyl (C=O) groups is 1. The van der Waals surface area contributed by atoms with Crippen molar-refractivity contribution >= 4 is 22.4 Å². The highest BCUT2D eigenvalue weighted by Gasteiger charge is 2.21. The molecule has 7 heteroatoms. The van der Waals surface area contributed by atoms with Crippen LogP contribution in [0.5, 0.6) is 0 Å². The number of benzene rings is 1. The molecule has 1 rings (SSSR count). The Balaban J connectivity index is 2.90. The van der Waals surface area contributed by atoms with Crippen LogP contribution < -0.4 is 0 Å². The predicted molar refractivity (Wildman–Crippen MR) is 72.3 cm³/mol. The Bertz CT molecular complexity index is 500. The first-order chi connectivity index (χ1) is 9.01. The van der Waals surface area contributed by atoms with Gasteiger partial charge in [-0.25, -0.2) is 0 Å². The van der Waals surface area contributed by atoms with Crippen molar-refractivity contribution < 1.29 is 13.9 Å². The monoisotopic (exact) mass is 284 g/mol. The summed E-state index contributed by atoms with van der Waals surface area (Å²) in [7, 11) is -1.70. The lowest BCUT2D eigenvalue weighted by Crippen LogP contribution is -2.34. The van der Waals surface area contributed by atoms with Crippen molar-refractivity contribution in [3.63, 3.8) is 0 Å². The van der Waals surface area contributed by atoms with Crippen LogP contribution in [0, 0.1) is 10.1 Å². The number of rotatable bonds is 6. The second-order valence-electron chi connectivity index (χ2n) is 3.78. The van der Waals surface area contributed by atoms with E-state index in [9.17, 15) is 19.1 Å². The molecule has 6 nitrogen and oxygen atoms in total. The van der Waals surface area contributed by atoms with Gasteiger partial charge in [0.1, 0.15) is 10.6 Å². The van der Waals surface area contributed by atoms with E-state index >= 15 is 0 Å². The summed E-state index contributed by atoms with van der Waals surface area (Å²) in [4.78, 5) is 23.7. The Hall–Kier alpha value is -1.76. The van der Waals surface area contributed by atoms with Gasteiger partial charge < -0.3 is 4.90 Å². The minimum atomic E-state index is -1.70. The van der Waals surface area contributed by atoms with E-state index in [1.165, 1.54) is 18.2 Å². The zero-order valence-corrected chi connectivity index (χ0v) is 11.7. The molecule has 0 bridgehead atoms. The SMILES string of the molecule is CCN(CC)C(=O)C[S@](=O)c1ccccc1[N+](=O)[O-]. The zero-order valence-electron chi connectivity index (χ0n) is 10.9. The fraction of sp³-hybridized carbons (Fsp3) is 0.417. The van der Waals surface area contributed by atoms with Crippen molar-refractivity contribution in [2.45, 2.75) is 18.7 Å². The summed E-state index contributed by atoms with van der Waals surface area (Å²) in [6.07, 6.45) is 0. The molecule has 0 aromatic heterocycles. The molecule has 0 unspecified atom stereocenters. The van der Waals surface area contributed by atoms with Crippen LogP contribution in [0.15, 0.2) is 29.2 Å². The predicted octanol–water partition coefficient (Wildman–Crippen LogP) is 1.57. The van der Waals surface area contributed by atoms with Crippen molar-refractivity contribution in [1.82, 2.24) is 4.90 Å². The highest BCUT2D eigenvalue weighted by molar-refractivity contribution is 7.86. The van der Waals surface area contributed by atoms with Gasteiger partial charge in [-0.15, -0.1) is 0 Å². The highest BCUT2D eigenvalue weighted by atomic mass is 32.2. The average Bonchev–Trinajstić information content (AvgIpc) is 2.40. The lowest BCUT2D eigenvalue weighted by Gasteiger charge is -2.18. The number of nitro groups is 1. The number of carbonyl (C=O) groups excluding carboxylic acids is 1. The van der Waals surface area contributed by atoms with E-state index in [1.807, 2.05) is 13.8 Å². The van der Waals surface area contributed by atoms with Crippen molar-refractivity contribution in [2.24, 2.45) is 0 Å². The van der Waals surface area contributed by atoms with E-state index in [4.69, 9.17) is 0 Å². The Kier molecular flexibility index (Phi) is 5.62. The van der Waals surface area contributed by atoms with Gasteiger partial charge in [-0.05, 0) is 19.9 Å². The minimum absolute atomic E-state index is 0.0907. The summed E-state index contributed by atoms with van der Waals surface area (Å²) in [5.41, 5.74) is -0.215. The molecular weight excluding hydrogens is 268 g/mol. The second-order valence-corrected chi connectivity index (χ2v) is 5.20. The van der Waals surface area contributed by atoms with Crippen LogP contribution in [0.4, 0.5) is 5.69 Å². The molecule has 0 saturated heterocycles. The molecule has 0 heterocycles. The van der Waals surface area contributed by atoms with E-state index in [1.54, 1.807) is 11.0 Å². The molecule has 0 aliphatic carbocycles. The quantitative estimate of drug-likeness (QED) is 0.586. The van der Waals surface area contributed by atoms with E-state index in [2.05, 4.69) is 0 Å². The molecule has 0 aliphatic heterocycles. The van der Waals surface area contributed by atoms with Gasteiger partial charge in [0.2, 0.25) is 5.91 Å². The number of nitrogens with zero attached hydrogens (tertiary/aromatic N) is 2. The van der Waals surface area contributed by atoms with Crippen LogP contribution in [0.2, 0.25) is 0 Å². The molecule has 0 radical (unpaired) electrons. The van der Waals surface area contributed by atoms with Gasteiger partial charge in [0.25, 0.3) is 5.69 Å². The smallest absolute Gasteiger partial charge is 0.285 e. The normalized spacial score (nSPS) is 11.9. The Morgan fingerprint density at radius 3 is 2.42 bits per heavy atom. The summed E-state index contributed by atoms with van der Waals surface area (Å²) in [5, 5.41) is 10.8. The van der Waals surface area contributed by atoms with Crippen molar-refractivity contribution in [3.8, 4) is 0 Å². The van der Waals surface area contributed by atoms with Gasteiger partial charge in [0.05, 0.1) is 15.7 Å². The van der Waals surface area contributed by atoms with Crippen LogP contribution in [-0.2, 0) is 15.6 Å². The lowest BCUT2D eigenvalue weighted by molar-refractivity contribution is -0.387. The average molecular weight is 284 g/mol. The van der Waals surface area contributed by atoms with Crippen molar-refractivity contribution in [2.75, 3.05) is 18.8 Å². The number of nitro benzene ring substituents is 1. The van der Waals surface area contributed by atoms with E-state index in [0.717, 1.165) is 0 Å². The van der Waals surface area contributed by atoms with Gasteiger partial charge in [-0.2, -0.15) is 0 Å². The van der Waals surface area contributed by atoms with E-state index < -0.39 is 15.7 Å². The number of amides is 1. The third-order valence-corrected chi connectivity index (χ3v) is 4.02. The Morgan fingerprint density at radius 2 is 1.89 bits per heavy atom. The first kappa shape index (κ1) is 15.3. The summed E-state index contributed by atoms with van der Waals surface area (Å²) in [6.45, 7) is 4.72. The first-order valence-electron chi connectivity index (χ1n) is 5.90. The molecule has 104 valence electrons.